The number of carbonyl (C=O) groups excluding carboxylic acids is 3. The standard InChI is InChI=1S/C22H15NO4/c1-14-7-10-17(11-8-14)27-22(26)15-9-12-18-19(13-15)21(25)23(20(18)24)16-5-3-2-4-6-16/h2-13H,1H3. The number of benzene rings is 3. The molecule has 0 atom stereocenters. The molecule has 1 aliphatic heterocycles. The number of para-hydroxylation sites is 1. The summed E-state index contributed by atoms with van der Waals surface area (Å²) in [5.41, 5.74) is 2.23. The lowest BCUT2D eigenvalue weighted by Gasteiger charge is -2.13. The molecule has 5 nitrogen and oxygen atoms in total. The first-order valence-electron chi connectivity index (χ1n) is 8.41. The van der Waals surface area contributed by atoms with Gasteiger partial charge in [-0.05, 0) is 49.4 Å². The molecule has 3 aromatic rings. The first-order chi connectivity index (χ1) is 13.0. The topological polar surface area (TPSA) is 63.7 Å². The maximum absolute atomic E-state index is 12.7. The number of anilines is 1. The molecular formula is C22H15NO4. The molecular weight excluding hydrogens is 342 g/mol. The van der Waals surface area contributed by atoms with E-state index in [4.69, 9.17) is 4.74 Å². The van der Waals surface area contributed by atoms with Crippen molar-refractivity contribution in [1.29, 1.82) is 0 Å². The molecule has 3 aromatic carbocycles. The smallest absolute Gasteiger partial charge is 0.343 e. The lowest BCUT2D eigenvalue weighted by atomic mass is 10.1. The third-order valence-electron chi connectivity index (χ3n) is 4.37. The van der Waals surface area contributed by atoms with Gasteiger partial charge in [-0.15, -0.1) is 0 Å². The van der Waals surface area contributed by atoms with E-state index in [2.05, 4.69) is 0 Å². The lowest BCUT2D eigenvalue weighted by molar-refractivity contribution is 0.0734. The van der Waals surface area contributed by atoms with Gasteiger partial charge in [0.15, 0.2) is 0 Å². The molecule has 0 spiro atoms. The fourth-order valence-corrected chi connectivity index (χ4v) is 2.95. The van der Waals surface area contributed by atoms with Gasteiger partial charge >= 0.3 is 5.97 Å². The first-order valence-corrected chi connectivity index (χ1v) is 8.41. The van der Waals surface area contributed by atoms with E-state index in [1.165, 1.54) is 18.2 Å². The molecule has 0 saturated carbocycles. The Labute approximate surface area is 155 Å². The Morgan fingerprint density at radius 2 is 1.48 bits per heavy atom. The van der Waals surface area contributed by atoms with Crippen molar-refractivity contribution in [2.75, 3.05) is 4.90 Å². The second-order valence-electron chi connectivity index (χ2n) is 6.24. The van der Waals surface area contributed by atoms with E-state index < -0.39 is 17.8 Å². The highest BCUT2D eigenvalue weighted by Crippen LogP contribution is 2.29. The summed E-state index contributed by atoms with van der Waals surface area (Å²) in [5, 5.41) is 0. The number of amides is 2. The molecule has 1 heterocycles. The third kappa shape index (κ3) is 3.00. The summed E-state index contributed by atoms with van der Waals surface area (Å²) in [5.74, 6) is -1.02. The number of aryl methyl sites for hydroxylation is 1. The Balaban J connectivity index is 1.63. The van der Waals surface area contributed by atoms with Crippen molar-refractivity contribution in [2.24, 2.45) is 0 Å². The second-order valence-corrected chi connectivity index (χ2v) is 6.24. The van der Waals surface area contributed by atoms with Crippen molar-refractivity contribution in [3.63, 3.8) is 0 Å². The quantitative estimate of drug-likeness (QED) is 0.404. The zero-order valence-corrected chi connectivity index (χ0v) is 14.5. The van der Waals surface area contributed by atoms with Gasteiger partial charge < -0.3 is 4.74 Å². The zero-order valence-electron chi connectivity index (χ0n) is 14.5. The molecule has 0 unspecified atom stereocenters. The largest absolute Gasteiger partial charge is 0.423 e. The molecule has 5 heteroatoms. The highest BCUT2D eigenvalue weighted by atomic mass is 16.5. The van der Waals surface area contributed by atoms with Crippen LogP contribution in [0, 0.1) is 6.92 Å². The van der Waals surface area contributed by atoms with Gasteiger partial charge in [0.2, 0.25) is 0 Å². The minimum atomic E-state index is -0.583. The minimum Gasteiger partial charge on any atom is -0.423 e. The molecule has 132 valence electrons. The fourth-order valence-electron chi connectivity index (χ4n) is 2.95. The van der Waals surface area contributed by atoms with Crippen molar-refractivity contribution >= 4 is 23.5 Å². The second kappa shape index (κ2) is 6.53. The van der Waals surface area contributed by atoms with Gasteiger partial charge in [-0.2, -0.15) is 0 Å². The van der Waals surface area contributed by atoms with Crippen LogP contribution in [0.3, 0.4) is 0 Å². The Morgan fingerprint density at radius 1 is 0.815 bits per heavy atom. The van der Waals surface area contributed by atoms with E-state index in [1.807, 2.05) is 19.1 Å². The molecule has 0 saturated heterocycles. The molecule has 0 bridgehead atoms. The molecule has 4 rings (SSSR count). The molecule has 1 aliphatic rings. The van der Waals surface area contributed by atoms with Gasteiger partial charge in [0.05, 0.1) is 22.4 Å². The normalized spacial score (nSPS) is 12.9. The van der Waals surface area contributed by atoms with Gasteiger partial charge in [0.1, 0.15) is 5.75 Å². The number of imide groups is 1. The van der Waals surface area contributed by atoms with E-state index in [-0.39, 0.29) is 16.7 Å². The SMILES string of the molecule is Cc1ccc(OC(=O)c2ccc3c(c2)C(=O)N(c2ccccc2)C3=O)cc1. The maximum Gasteiger partial charge on any atom is 0.343 e. The molecule has 0 fully saturated rings. The first kappa shape index (κ1) is 16.7. The summed E-state index contributed by atoms with van der Waals surface area (Å²) in [6.45, 7) is 1.94. The number of fused-ring (bicyclic) bond motifs is 1. The van der Waals surface area contributed by atoms with Crippen molar-refractivity contribution in [2.45, 2.75) is 6.92 Å². The number of hydrogen-bond donors (Lipinski definition) is 0. The van der Waals surface area contributed by atoms with Crippen LogP contribution < -0.4 is 9.64 Å². The van der Waals surface area contributed by atoms with Crippen LogP contribution in [0.2, 0.25) is 0 Å². The number of nitrogens with zero attached hydrogens (tertiary/aromatic N) is 1. The Hall–Kier alpha value is -3.73. The van der Waals surface area contributed by atoms with Crippen LogP contribution in [-0.4, -0.2) is 17.8 Å². The van der Waals surface area contributed by atoms with Crippen molar-refractivity contribution in [1.82, 2.24) is 0 Å². The van der Waals surface area contributed by atoms with Gasteiger partial charge in [-0.1, -0.05) is 35.9 Å². The number of carbonyl (C=O) groups is 3. The van der Waals surface area contributed by atoms with E-state index in [0.29, 0.717) is 11.4 Å². The van der Waals surface area contributed by atoms with E-state index >= 15 is 0 Å². The van der Waals surface area contributed by atoms with Crippen molar-refractivity contribution in [3.8, 4) is 5.75 Å². The van der Waals surface area contributed by atoms with Crippen LogP contribution in [0.5, 0.6) is 5.75 Å². The highest BCUT2D eigenvalue weighted by Gasteiger charge is 2.37. The molecule has 2 amide bonds. The number of hydrogen-bond acceptors (Lipinski definition) is 4. The van der Waals surface area contributed by atoms with Crippen LogP contribution >= 0.6 is 0 Å². The summed E-state index contributed by atoms with van der Waals surface area (Å²) < 4.78 is 5.34. The van der Waals surface area contributed by atoms with Crippen LogP contribution in [0.1, 0.15) is 36.6 Å². The number of ether oxygens (including phenoxy) is 1. The summed E-state index contributed by atoms with van der Waals surface area (Å²) in [6.07, 6.45) is 0. The third-order valence-corrected chi connectivity index (χ3v) is 4.37. The minimum absolute atomic E-state index is 0.196. The van der Waals surface area contributed by atoms with Crippen molar-refractivity contribution in [3.05, 3.63) is 95.1 Å². The van der Waals surface area contributed by atoms with Gasteiger partial charge in [0, 0.05) is 0 Å². The Kier molecular flexibility index (Phi) is 4.05. The summed E-state index contributed by atoms with van der Waals surface area (Å²) in [4.78, 5) is 38.8. The maximum atomic E-state index is 12.7. The van der Waals surface area contributed by atoms with Crippen molar-refractivity contribution < 1.29 is 19.1 Å². The van der Waals surface area contributed by atoms with Crippen LogP contribution in [-0.2, 0) is 0 Å². The molecule has 0 radical (unpaired) electrons. The molecule has 0 aromatic heterocycles. The van der Waals surface area contributed by atoms with Gasteiger partial charge in [-0.3, -0.25) is 9.59 Å². The Morgan fingerprint density at radius 3 is 2.19 bits per heavy atom. The Bertz CT molecular complexity index is 1060. The number of rotatable bonds is 3. The zero-order chi connectivity index (χ0) is 19.0. The summed E-state index contributed by atoms with van der Waals surface area (Å²) in [6, 6.07) is 20.2. The lowest BCUT2D eigenvalue weighted by Crippen LogP contribution is -2.29. The summed E-state index contributed by atoms with van der Waals surface area (Å²) >= 11 is 0. The van der Waals surface area contributed by atoms with E-state index in [0.717, 1.165) is 10.5 Å². The highest BCUT2D eigenvalue weighted by molar-refractivity contribution is 6.34. The average Bonchev–Trinajstić information content (AvgIpc) is 2.94. The van der Waals surface area contributed by atoms with Gasteiger partial charge in [0.25, 0.3) is 11.8 Å². The van der Waals surface area contributed by atoms with E-state index in [9.17, 15) is 14.4 Å². The molecule has 0 aliphatic carbocycles. The fraction of sp³-hybridized carbons (Fsp3) is 0.0455. The van der Waals surface area contributed by atoms with Crippen LogP contribution in [0.25, 0.3) is 0 Å². The van der Waals surface area contributed by atoms with E-state index in [1.54, 1.807) is 42.5 Å². The predicted octanol–water partition coefficient (Wildman–Crippen LogP) is 4.01. The summed E-state index contributed by atoms with van der Waals surface area (Å²) in [7, 11) is 0. The average molecular weight is 357 g/mol. The van der Waals surface area contributed by atoms with Crippen LogP contribution in [0.15, 0.2) is 72.8 Å². The predicted molar refractivity (Wildman–Crippen MR) is 100 cm³/mol. The van der Waals surface area contributed by atoms with Crippen LogP contribution in [0.4, 0.5) is 5.69 Å². The van der Waals surface area contributed by atoms with Gasteiger partial charge in [-0.25, -0.2) is 9.69 Å². The monoisotopic (exact) mass is 357 g/mol. The number of esters is 1. The molecule has 0 N–H and O–H groups in total. The molecule has 27 heavy (non-hydrogen) atoms.